The Kier molecular flexibility index (Phi) is 20.8. The molecule has 0 unspecified atom stereocenters. The van der Waals surface area contributed by atoms with Gasteiger partial charge in [-0.05, 0) is 12.8 Å². The standard InChI is InChI=1S/C23H44N2O3/c1-2-3-4-5-6-7-8-9-10-11-12-13-14-15-16-18-22(27)24-19-17-20-25-23(28)21-26/h21H,2-20H2,1H3,(H,24,27)(H,25,28). The molecular weight excluding hydrogens is 352 g/mol. The average Bonchev–Trinajstić information content (AvgIpc) is 2.70. The van der Waals surface area contributed by atoms with Gasteiger partial charge in [-0.1, -0.05) is 96.8 Å². The molecule has 0 spiro atoms. The van der Waals surface area contributed by atoms with Crippen molar-refractivity contribution in [3.8, 4) is 0 Å². The van der Waals surface area contributed by atoms with Crippen LogP contribution in [0.5, 0.6) is 0 Å². The van der Waals surface area contributed by atoms with Crippen molar-refractivity contribution >= 4 is 18.1 Å². The van der Waals surface area contributed by atoms with E-state index < -0.39 is 5.91 Å². The summed E-state index contributed by atoms with van der Waals surface area (Å²) in [6, 6.07) is 0. The van der Waals surface area contributed by atoms with Crippen LogP contribution < -0.4 is 10.6 Å². The molecule has 0 atom stereocenters. The molecule has 164 valence electrons. The molecule has 0 heterocycles. The van der Waals surface area contributed by atoms with Crippen LogP contribution in [0.1, 0.15) is 116 Å². The van der Waals surface area contributed by atoms with E-state index in [-0.39, 0.29) is 12.2 Å². The van der Waals surface area contributed by atoms with Crippen LogP contribution in [0.2, 0.25) is 0 Å². The predicted molar refractivity (Wildman–Crippen MR) is 116 cm³/mol. The second kappa shape index (κ2) is 21.9. The van der Waals surface area contributed by atoms with Crippen molar-refractivity contribution in [3.63, 3.8) is 0 Å². The molecule has 0 aromatic heterocycles. The third kappa shape index (κ3) is 20.9. The first-order valence-electron chi connectivity index (χ1n) is 11.7. The summed E-state index contributed by atoms with van der Waals surface area (Å²) in [5.41, 5.74) is 0. The Morgan fingerprint density at radius 1 is 0.607 bits per heavy atom. The number of amides is 2. The Labute approximate surface area is 172 Å². The van der Waals surface area contributed by atoms with Crippen molar-refractivity contribution in [2.75, 3.05) is 13.1 Å². The average molecular weight is 397 g/mol. The molecule has 0 aliphatic heterocycles. The summed E-state index contributed by atoms with van der Waals surface area (Å²) < 4.78 is 0. The monoisotopic (exact) mass is 396 g/mol. The van der Waals surface area contributed by atoms with Gasteiger partial charge in [0.2, 0.25) is 12.2 Å². The Hall–Kier alpha value is -1.39. The molecule has 0 bridgehead atoms. The highest BCUT2D eigenvalue weighted by Crippen LogP contribution is 2.13. The minimum Gasteiger partial charge on any atom is -0.356 e. The maximum absolute atomic E-state index is 11.7. The van der Waals surface area contributed by atoms with Crippen LogP contribution in [-0.4, -0.2) is 31.2 Å². The Morgan fingerprint density at radius 2 is 1.04 bits per heavy atom. The predicted octanol–water partition coefficient (Wildman–Crippen LogP) is 5.07. The summed E-state index contributed by atoms with van der Waals surface area (Å²) in [6.07, 6.45) is 21.3. The first kappa shape index (κ1) is 26.6. The van der Waals surface area contributed by atoms with Gasteiger partial charge in [0, 0.05) is 19.5 Å². The third-order valence-electron chi connectivity index (χ3n) is 5.09. The normalized spacial score (nSPS) is 10.6. The highest BCUT2D eigenvalue weighted by molar-refractivity contribution is 6.23. The number of carbonyl (C=O) groups excluding carboxylic acids is 3. The van der Waals surface area contributed by atoms with Gasteiger partial charge in [-0.25, -0.2) is 0 Å². The number of aldehydes is 1. The van der Waals surface area contributed by atoms with Crippen molar-refractivity contribution in [2.24, 2.45) is 0 Å². The molecule has 0 aromatic carbocycles. The smallest absolute Gasteiger partial charge is 0.284 e. The van der Waals surface area contributed by atoms with E-state index in [1.165, 1.54) is 83.5 Å². The molecule has 2 amide bonds. The molecule has 0 aromatic rings. The van der Waals surface area contributed by atoms with Gasteiger partial charge in [0.05, 0.1) is 0 Å². The fourth-order valence-electron chi connectivity index (χ4n) is 3.31. The topological polar surface area (TPSA) is 75.3 Å². The van der Waals surface area contributed by atoms with Gasteiger partial charge in [-0.15, -0.1) is 0 Å². The van der Waals surface area contributed by atoms with Crippen molar-refractivity contribution in [1.29, 1.82) is 0 Å². The van der Waals surface area contributed by atoms with Crippen molar-refractivity contribution in [3.05, 3.63) is 0 Å². The first-order valence-corrected chi connectivity index (χ1v) is 11.7. The molecule has 0 saturated heterocycles. The number of unbranched alkanes of at least 4 members (excludes halogenated alkanes) is 14. The zero-order chi connectivity index (χ0) is 20.7. The lowest BCUT2D eigenvalue weighted by molar-refractivity contribution is -0.131. The van der Waals surface area contributed by atoms with Crippen LogP contribution in [0.15, 0.2) is 0 Å². The van der Waals surface area contributed by atoms with Crippen LogP contribution in [-0.2, 0) is 14.4 Å². The van der Waals surface area contributed by atoms with Gasteiger partial charge >= 0.3 is 0 Å². The molecule has 0 radical (unpaired) electrons. The molecule has 0 rings (SSSR count). The van der Waals surface area contributed by atoms with E-state index in [9.17, 15) is 14.4 Å². The fraction of sp³-hybridized carbons (Fsp3) is 0.870. The van der Waals surface area contributed by atoms with E-state index in [1.54, 1.807) is 0 Å². The molecule has 28 heavy (non-hydrogen) atoms. The van der Waals surface area contributed by atoms with Crippen LogP contribution in [0, 0.1) is 0 Å². The van der Waals surface area contributed by atoms with Gasteiger partial charge in [-0.3, -0.25) is 14.4 Å². The minimum absolute atomic E-state index is 0.0800. The lowest BCUT2D eigenvalue weighted by Gasteiger charge is -2.06. The molecule has 0 fully saturated rings. The molecule has 5 heteroatoms. The highest BCUT2D eigenvalue weighted by atomic mass is 16.2. The molecule has 2 N–H and O–H groups in total. The number of carbonyl (C=O) groups is 3. The van der Waals surface area contributed by atoms with Gasteiger partial charge in [0.15, 0.2) is 0 Å². The Bertz CT molecular complexity index is 386. The summed E-state index contributed by atoms with van der Waals surface area (Å²) in [5, 5.41) is 5.29. The van der Waals surface area contributed by atoms with E-state index in [4.69, 9.17) is 0 Å². The molecular formula is C23H44N2O3. The summed E-state index contributed by atoms with van der Waals surface area (Å²) in [5.74, 6) is -0.527. The van der Waals surface area contributed by atoms with Crippen LogP contribution in [0.3, 0.4) is 0 Å². The highest BCUT2D eigenvalue weighted by Gasteiger charge is 2.01. The summed E-state index contributed by atoms with van der Waals surface area (Å²) >= 11 is 0. The van der Waals surface area contributed by atoms with E-state index >= 15 is 0 Å². The van der Waals surface area contributed by atoms with Crippen LogP contribution >= 0.6 is 0 Å². The zero-order valence-electron chi connectivity index (χ0n) is 18.2. The van der Waals surface area contributed by atoms with Crippen LogP contribution in [0.25, 0.3) is 0 Å². The van der Waals surface area contributed by atoms with E-state index in [0.717, 1.165) is 12.8 Å². The number of hydrogen-bond donors (Lipinski definition) is 2. The molecule has 0 saturated carbocycles. The lowest BCUT2D eigenvalue weighted by atomic mass is 10.0. The van der Waals surface area contributed by atoms with E-state index in [0.29, 0.717) is 25.9 Å². The molecule has 0 aliphatic rings. The number of nitrogens with one attached hydrogen (secondary N) is 2. The maximum atomic E-state index is 11.7. The van der Waals surface area contributed by atoms with Gasteiger partial charge < -0.3 is 10.6 Å². The summed E-state index contributed by atoms with van der Waals surface area (Å²) in [7, 11) is 0. The molecule has 0 aliphatic carbocycles. The SMILES string of the molecule is CCCCCCCCCCCCCCCCCC(=O)NCCCNC(=O)C=O. The van der Waals surface area contributed by atoms with E-state index in [2.05, 4.69) is 17.6 Å². The van der Waals surface area contributed by atoms with Crippen molar-refractivity contribution < 1.29 is 14.4 Å². The van der Waals surface area contributed by atoms with E-state index in [1.807, 2.05) is 0 Å². The number of hydrogen-bond acceptors (Lipinski definition) is 3. The summed E-state index contributed by atoms with van der Waals surface area (Å²) in [6.45, 7) is 3.22. The zero-order valence-corrected chi connectivity index (χ0v) is 18.2. The third-order valence-corrected chi connectivity index (χ3v) is 5.09. The van der Waals surface area contributed by atoms with Gasteiger partial charge in [0.25, 0.3) is 5.91 Å². The van der Waals surface area contributed by atoms with Gasteiger partial charge in [0.1, 0.15) is 0 Å². The lowest BCUT2D eigenvalue weighted by Crippen LogP contribution is -2.30. The van der Waals surface area contributed by atoms with Crippen LogP contribution in [0.4, 0.5) is 0 Å². The fourth-order valence-corrected chi connectivity index (χ4v) is 3.31. The first-order chi connectivity index (χ1) is 13.7. The minimum atomic E-state index is -0.607. The molecule has 5 nitrogen and oxygen atoms in total. The second-order valence-corrected chi connectivity index (χ2v) is 7.81. The van der Waals surface area contributed by atoms with Crippen molar-refractivity contribution in [2.45, 2.75) is 116 Å². The summed E-state index contributed by atoms with van der Waals surface area (Å²) in [4.78, 5) is 32.5. The second-order valence-electron chi connectivity index (χ2n) is 7.81. The Morgan fingerprint density at radius 3 is 1.50 bits per heavy atom. The maximum Gasteiger partial charge on any atom is 0.284 e. The van der Waals surface area contributed by atoms with Crippen molar-refractivity contribution in [1.82, 2.24) is 10.6 Å². The Balaban J connectivity index is 3.17. The van der Waals surface area contributed by atoms with Gasteiger partial charge in [-0.2, -0.15) is 0 Å². The quantitative estimate of drug-likeness (QED) is 0.162. The number of rotatable bonds is 21. The largest absolute Gasteiger partial charge is 0.356 e.